The predicted molar refractivity (Wildman–Crippen MR) is 99.0 cm³/mol. The number of rotatable bonds is 12. The number of nitrogens with one attached hydrogen (secondary N) is 2. The quantitative estimate of drug-likeness (QED) is 0.541. The summed E-state index contributed by atoms with van der Waals surface area (Å²) in [7, 11) is 0. The Labute approximate surface area is 142 Å². The molecule has 2 N–H and O–H groups in total. The SMILES string of the molecule is CCCCCCCCCc1nc(NC(C)C)nc(NC(C)C)n1. The zero-order valence-corrected chi connectivity index (χ0v) is 15.7. The molecule has 0 aliphatic heterocycles. The highest BCUT2D eigenvalue weighted by Gasteiger charge is 2.08. The summed E-state index contributed by atoms with van der Waals surface area (Å²) in [5.41, 5.74) is 0. The third kappa shape index (κ3) is 9.36. The maximum absolute atomic E-state index is 4.55. The Balaban J connectivity index is 2.51. The number of anilines is 2. The van der Waals surface area contributed by atoms with Gasteiger partial charge in [-0.1, -0.05) is 45.4 Å². The summed E-state index contributed by atoms with van der Waals surface area (Å²) < 4.78 is 0. The highest BCUT2D eigenvalue weighted by Crippen LogP contribution is 2.12. The van der Waals surface area contributed by atoms with Crippen LogP contribution in [0.1, 0.15) is 85.4 Å². The van der Waals surface area contributed by atoms with Crippen molar-refractivity contribution < 1.29 is 0 Å². The summed E-state index contributed by atoms with van der Waals surface area (Å²) in [5.74, 6) is 2.24. The maximum Gasteiger partial charge on any atom is 0.227 e. The molecular formula is C18H35N5. The van der Waals surface area contributed by atoms with Gasteiger partial charge in [-0.05, 0) is 34.1 Å². The highest BCUT2D eigenvalue weighted by atomic mass is 15.2. The molecule has 0 atom stereocenters. The summed E-state index contributed by atoms with van der Waals surface area (Å²) in [6, 6.07) is 0.631. The van der Waals surface area contributed by atoms with Crippen LogP contribution in [0.15, 0.2) is 0 Å². The first-order valence-electron chi connectivity index (χ1n) is 9.29. The van der Waals surface area contributed by atoms with Crippen molar-refractivity contribution in [1.82, 2.24) is 15.0 Å². The van der Waals surface area contributed by atoms with Crippen LogP contribution in [0.5, 0.6) is 0 Å². The van der Waals surface area contributed by atoms with Crippen molar-refractivity contribution >= 4 is 11.9 Å². The van der Waals surface area contributed by atoms with Gasteiger partial charge in [0, 0.05) is 18.5 Å². The van der Waals surface area contributed by atoms with Gasteiger partial charge < -0.3 is 10.6 Å². The van der Waals surface area contributed by atoms with E-state index in [9.17, 15) is 0 Å². The normalized spacial score (nSPS) is 11.3. The van der Waals surface area contributed by atoms with Gasteiger partial charge in [0.1, 0.15) is 5.82 Å². The van der Waals surface area contributed by atoms with Crippen LogP contribution in [-0.2, 0) is 6.42 Å². The van der Waals surface area contributed by atoms with Crippen molar-refractivity contribution in [2.24, 2.45) is 0 Å². The van der Waals surface area contributed by atoms with Crippen LogP contribution in [-0.4, -0.2) is 27.0 Å². The molecule has 0 aliphatic carbocycles. The van der Waals surface area contributed by atoms with Gasteiger partial charge in [-0.15, -0.1) is 0 Å². The van der Waals surface area contributed by atoms with Gasteiger partial charge in [0.2, 0.25) is 11.9 Å². The average molecular weight is 322 g/mol. The number of nitrogens with zero attached hydrogens (tertiary/aromatic N) is 3. The van der Waals surface area contributed by atoms with Crippen LogP contribution in [0.25, 0.3) is 0 Å². The fraction of sp³-hybridized carbons (Fsp3) is 0.833. The van der Waals surface area contributed by atoms with E-state index in [0.717, 1.165) is 18.7 Å². The summed E-state index contributed by atoms with van der Waals surface area (Å²) >= 11 is 0. The lowest BCUT2D eigenvalue weighted by atomic mass is 10.1. The van der Waals surface area contributed by atoms with E-state index in [1.807, 2.05) is 0 Å². The molecule has 0 saturated heterocycles. The molecule has 0 spiro atoms. The van der Waals surface area contributed by atoms with Crippen LogP contribution >= 0.6 is 0 Å². The Morgan fingerprint density at radius 3 is 1.65 bits per heavy atom. The summed E-state index contributed by atoms with van der Waals surface area (Å²) in [5, 5.41) is 6.56. The second-order valence-electron chi connectivity index (χ2n) is 6.87. The Bertz CT molecular complexity index is 403. The first-order valence-corrected chi connectivity index (χ1v) is 9.29. The molecule has 132 valence electrons. The summed E-state index contributed by atoms with van der Waals surface area (Å²) in [4.78, 5) is 13.6. The molecule has 0 saturated carbocycles. The minimum absolute atomic E-state index is 0.315. The van der Waals surface area contributed by atoms with Gasteiger partial charge in [0.15, 0.2) is 0 Å². The fourth-order valence-electron chi connectivity index (χ4n) is 2.42. The fourth-order valence-corrected chi connectivity index (χ4v) is 2.42. The van der Waals surface area contributed by atoms with Crippen LogP contribution in [0.2, 0.25) is 0 Å². The third-order valence-corrected chi connectivity index (χ3v) is 3.52. The van der Waals surface area contributed by atoms with Crippen molar-refractivity contribution in [1.29, 1.82) is 0 Å². The van der Waals surface area contributed by atoms with Gasteiger partial charge in [-0.25, -0.2) is 0 Å². The zero-order valence-electron chi connectivity index (χ0n) is 15.7. The van der Waals surface area contributed by atoms with E-state index in [0.29, 0.717) is 24.0 Å². The van der Waals surface area contributed by atoms with E-state index < -0.39 is 0 Å². The molecule has 0 aliphatic rings. The lowest BCUT2D eigenvalue weighted by Crippen LogP contribution is -2.18. The number of aromatic nitrogens is 3. The molecule has 1 aromatic heterocycles. The molecule has 0 bridgehead atoms. The van der Waals surface area contributed by atoms with Crippen molar-refractivity contribution in [3.05, 3.63) is 5.82 Å². The van der Waals surface area contributed by atoms with Crippen LogP contribution < -0.4 is 10.6 Å². The van der Waals surface area contributed by atoms with E-state index in [4.69, 9.17) is 0 Å². The molecule has 0 radical (unpaired) electrons. The zero-order chi connectivity index (χ0) is 17.1. The lowest BCUT2D eigenvalue weighted by Gasteiger charge is -2.13. The minimum atomic E-state index is 0.315. The Morgan fingerprint density at radius 2 is 1.17 bits per heavy atom. The maximum atomic E-state index is 4.55. The molecule has 23 heavy (non-hydrogen) atoms. The molecule has 0 amide bonds. The average Bonchev–Trinajstić information content (AvgIpc) is 2.44. The monoisotopic (exact) mass is 321 g/mol. The van der Waals surface area contributed by atoms with Crippen molar-refractivity contribution in [3.63, 3.8) is 0 Å². The standard InChI is InChI=1S/C18H35N5/c1-6-7-8-9-10-11-12-13-16-21-17(19-14(2)3)23-18(22-16)20-15(4)5/h14-15H,6-13H2,1-5H3,(H2,19,20,21,22,23). The van der Waals surface area contributed by atoms with Gasteiger partial charge in [0.25, 0.3) is 0 Å². The molecule has 0 aromatic carbocycles. The van der Waals surface area contributed by atoms with Crippen molar-refractivity contribution in [2.75, 3.05) is 10.6 Å². The van der Waals surface area contributed by atoms with Crippen LogP contribution in [0.4, 0.5) is 11.9 Å². The van der Waals surface area contributed by atoms with Gasteiger partial charge in [-0.2, -0.15) is 15.0 Å². The number of hydrogen-bond donors (Lipinski definition) is 2. The van der Waals surface area contributed by atoms with E-state index in [1.54, 1.807) is 0 Å². The predicted octanol–water partition coefficient (Wildman–Crippen LogP) is 4.81. The van der Waals surface area contributed by atoms with E-state index >= 15 is 0 Å². The van der Waals surface area contributed by atoms with E-state index in [1.165, 1.54) is 38.5 Å². The smallest absolute Gasteiger partial charge is 0.227 e. The molecule has 1 aromatic rings. The van der Waals surface area contributed by atoms with Gasteiger partial charge in [0.05, 0.1) is 0 Å². The van der Waals surface area contributed by atoms with Gasteiger partial charge in [-0.3, -0.25) is 0 Å². The second-order valence-corrected chi connectivity index (χ2v) is 6.87. The van der Waals surface area contributed by atoms with Crippen molar-refractivity contribution in [3.8, 4) is 0 Å². The Hall–Kier alpha value is -1.39. The van der Waals surface area contributed by atoms with E-state index in [2.05, 4.69) is 60.2 Å². The summed E-state index contributed by atoms with van der Waals surface area (Å²) in [6.45, 7) is 10.6. The molecular weight excluding hydrogens is 286 g/mol. The molecule has 0 unspecified atom stereocenters. The van der Waals surface area contributed by atoms with E-state index in [-0.39, 0.29) is 0 Å². The number of aryl methyl sites for hydroxylation is 1. The molecule has 5 heteroatoms. The Kier molecular flexibility index (Phi) is 9.57. The Morgan fingerprint density at radius 1 is 0.696 bits per heavy atom. The van der Waals surface area contributed by atoms with Crippen molar-refractivity contribution in [2.45, 2.75) is 98.1 Å². The first-order chi connectivity index (χ1) is 11.0. The summed E-state index contributed by atoms with van der Waals surface area (Å²) in [6.07, 6.45) is 10.0. The molecule has 0 fully saturated rings. The third-order valence-electron chi connectivity index (χ3n) is 3.52. The molecule has 1 rings (SSSR count). The topological polar surface area (TPSA) is 62.7 Å². The highest BCUT2D eigenvalue weighted by molar-refractivity contribution is 5.35. The van der Waals surface area contributed by atoms with Crippen LogP contribution in [0.3, 0.4) is 0 Å². The molecule has 1 heterocycles. The number of unbranched alkanes of at least 4 members (excludes halogenated alkanes) is 6. The van der Waals surface area contributed by atoms with Gasteiger partial charge >= 0.3 is 0 Å². The lowest BCUT2D eigenvalue weighted by molar-refractivity contribution is 0.584. The largest absolute Gasteiger partial charge is 0.352 e. The molecule has 5 nitrogen and oxygen atoms in total. The first kappa shape index (κ1) is 19.7. The second kappa shape index (κ2) is 11.2. The number of hydrogen-bond acceptors (Lipinski definition) is 5. The minimum Gasteiger partial charge on any atom is -0.352 e. The van der Waals surface area contributed by atoms with Crippen LogP contribution in [0, 0.1) is 0 Å².